The molecule has 0 bridgehead atoms. The summed E-state index contributed by atoms with van der Waals surface area (Å²) in [6, 6.07) is 3.22. The van der Waals surface area contributed by atoms with E-state index in [1.807, 2.05) is 0 Å². The summed E-state index contributed by atoms with van der Waals surface area (Å²) in [7, 11) is -4.66. The van der Waals surface area contributed by atoms with Crippen LogP contribution in [0.4, 0.5) is 3.89 Å². The Labute approximate surface area is 105 Å². The largest absolute Gasteiger partial charge is 0.334 e. The van der Waals surface area contributed by atoms with Crippen LogP contribution in [0.3, 0.4) is 0 Å². The van der Waals surface area contributed by atoms with Gasteiger partial charge in [0.15, 0.2) is 0 Å². The Balaban J connectivity index is 2.18. The highest BCUT2D eigenvalue weighted by Crippen LogP contribution is 2.28. The zero-order valence-corrected chi connectivity index (χ0v) is 10.6. The molecule has 1 saturated heterocycles. The van der Waals surface area contributed by atoms with E-state index in [9.17, 15) is 17.1 Å². The molecule has 98 valence electrons. The molecule has 2 heterocycles. The van der Waals surface area contributed by atoms with Crippen LogP contribution in [0.25, 0.3) is 0 Å². The Morgan fingerprint density at radius 3 is 2.78 bits per heavy atom. The second-order valence-electron chi connectivity index (χ2n) is 4.31. The lowest BCUT2D eigenvalue weighted by Gasteiger charge is -2.24. The number of halogens is 1. The number of amides is 1. The Kier molecular flexibility index (Phi) is 3.34. The second-order valence-corrected chi connectivity index (χ2v) is 5.93. The van der Waals surface area contributed by atoms with Gasteiger partial charge >= 0.3 is 10.2 Å². The zero-order valence-electron chi connectivity index (χ0n) is 9.78. The maximum atomic E-state index is 12.9. The number of hydrogen-bond acceptors (Lipinski definition) is 4. The molecule has 0 saturated carbocycles. The predicted molar refractivity (Wildman–Crippen MR) is 62.8 cm³/mol. The number of pyridine rings is 1. The van der Waals surface area contributed by atoms with Gasteiger partial charge in [-0.1, -0.05) is 6.07 Å². The van der Waals surface area contributed by atoms with Crippen molar-refractivity contribution in [1.29, 1.82) is 0 Å². The van der Waals surface area contributed by atoms with Crippen molar-refractivity contribution in [2.75, 3.05) is 6.54 Å². The lowest BCUT2D eigenvalue weighted by molar-refractivity contribution is -0.129. The number of hydrogen-bond donors (Lipinski definition) is 0. The quantitative estimate of drug-likeness (QED) is 0.771. The fourth-order valence-corrected chi connectivity index (χ4v) is 2.74. The van der Waals surface area contributed by atoms with Gasteiger partial charge in [-0.05, 0) is 18.6 Å². The first-order chi connectivity index (χ1) is 8.39. The minimum atomic E-state index is -4.66. The first-order valence-electron chi connectivity index (χ1n) is 5.52. The number of carbonyl (C=O) groups is 1. The van der Waals surface area contributed by atoms with Gasteiger partial charge in [0.2, 0.25) is 5.91 Å². The topological polar surface area (TPSA) is 67.3 Å². The van der Waals surface area contributed by atoms with Crippen molar-refractivity contribution < 1.29 is 17.1 Å². The molecule has 2 atom stereocenters. The summed E-state index contributed by atoms with van der Waals surface area (Å²) in [6.07, 6.45) is 2.93. The molecule has 7 heteroatoms. The molecule has 0 aromatic carbocycles. The molecule has 2 unspecified atom stereocenters. The van der Waals surface area contributed by atoms with E-state index in [1.54, 1.807) is 31.5 Å². The van der Waals surface area contributed by atoms with E-state index in [-0.39, 0.29) is 24.9 Å². The first-order valence-corrected chi connectivity index (χ1v) is 6.97. The van der Waals surface area contributed by atoms with Crippen LogP contribution in [0.2, 0.25) is 0 Å². The molecule has 5 nitrogen and oxygen atoms in total. The average molecular weight is 272 g/mol. The van der Waals surface area contributed by atoms with Crippen LogP contribution in [0, 0.1) is 0 Å². The van der Waals surface area contributed by atoms with Crippen LogP contribution in [0.15, 0.2) is 24.5 Å². The van der Waals surface area contributed by atoms with E-state index in [2.05, 4.69) is 4.98 Å². The average Bonchev–Trinajstić information content (AvgIpc) is 2.71. The molecule has 1 aliphatic rings. The van der Waals surface area contributed by atoms with E-state index in [1.165, 1.54) is 4.90 Å². The van der Waals surface area contributed by atoms with Crippen molar-refractivity contribution in [3.05, 3.63) is 30.1 Å². The van der Waals surface area contributed by atoms with E-state index >= 15 is 0 Å². The monoisotopic (exact) mass is 272 g/mol. The van der Waals surface area contributed by atoms with Crippen LogP contribution in [0.5, 0.6) is 0 Å². The standard InChI is InChI=1S/C11H13FN2O3S/c1-8(9-3-2-4-13-6-9)14-7-10(5-11(14)15)18(12,16)17/h2-4,6,8,10H,5,7H2,1H3. The van der Waals surface area contributed by atoms with Gasteiger partial charge in [-0.15, -0.1) is 3.89 Å². The number of aromatic nitrogens is 1. The van der Waals surface area contributed by atoms with Crippen molar-refractivity contribution >= 4 is 16.1 Å². The van der Waals surface area contributed by atoms with Crippen LogP contribution in [-0.4, -0.2) is 36.0 Å². The zero-order chi connectivity index (χ0) is 13.3. The molecule has 1 aromatic heterocycles. The minimum Gasteiger partial charge on any atom is -0.334 e. The Hall–Kier alpha value is -1.50. The maximum absolute atomic E-state index is 12.9. The van der Waals surface area contributed by atoms with Crippen LogP contribution in [0.1, 0.15) is 24.9 Å². The molecule has 1 aromatic rings. The van der Waals surface area contributed by atoms with E-state index in [4.69, 9.17) is 0 Å². The lowest BCUT2D eigenvalue weighted by atomic mass is 10.1. The van der Waals surface area contributed by atoms with E-state index < -0.39 is 15.5 Å². The van der Waals surface area contributed by atoms with Gasteiger partial charge in [0, 0.05) is 25.4 Å². The van der Waals surface area contributed by atoms with Crippen LogP contribution < -0.4 is 0 Å². The summed E-state index contributed by atoms with van der Waals surface area (Å²) < 4.78 is 34.5. The molecule has 1 fully saturated rings. The second kappa shape index (κ2) is 4.64. The third-order valence-electron chi connectivity index (χ3n) is 3.16. The SMILES string of the molecule is CC(c1cccnc1)N1CC(S(=O)(=O)F)CC1=O. The predicted octanol–water partition coefficient (Wildman–Crippen LogP) is 1.04. The number of rotatable bonds is 3. The van der Waals surface area contributed by atoms with Crippen molar-refractivity contribution in [3.8, 4) is 0 Å². The van der Waals surface area contributed by atoms with Gasteiger partial charge < -0.3 is 4.90 Å². The number of likely N-dealkylation sites (tertiary alicyclic amines) is 1. The highest BCUT2D eigenvalue weighted by Gasteiger charge is 2.40. The molecular formula is C11H13FN2O3S. The van der Waals surface area contributed by atoms with Gasteiger partial charge in [0.25, 0.3) is 0 Å². The first kappa shape index (κ1) is 12.9. The molecule has 0 aliphatic carbocycles. The maximum Gasteiger partial charge on any atom is 0.307 e. The number of carbonyl (C=O) groups excluding carboxylic acids is 1. The molecule has 1 amide bonds. The Morgan fingerprint density at radius 1 is 1.56 bits per heavy atom. The highest BCUT2D eigenvalue weighted by atomic mass is 32.3. The highest BCUT2D eigenvalue weighted by molar-refractivity contribution is 7.87. The summed E-state index contributed by atoms with van der Waals surface area (Å²) in [5.74, 6) is -0.349. The summed E-state index contributed by atoms with van der Waals surface area (Å²) >= 11 is 0. The van der Waals surface area contributed by atoms with Crippen molar-refractivity contribution in [2.24, 2.45) is 0 Å². The Bertz CT molecular complexity index is 547. The molecular weight excluding hydrogens is 259 g/mol. The lowest BCUT2D eigenvalue weighted by Crippen LogP contribution is -2.30. The van der Waals surface area contributed by atoms with E-state index in [0.717, 1.165) is 5.56 Å². The summed E-state index contributed by atoms with van der Waals surface area (Å²) in [5, 5.41) is -1.25. The fraction of sp³-hybridized carbons (Fsp3) is 0.455. The molecule has 0 radical (unpaired) electrons. The molecule has 0 N–H and O–H groups in total. The van der Waals surface area contributed by atoms with Crippen molar-refractivity contribution in [1.82, 2.24) is 9.88 Å². The summed E-state index contributed by atoms with van der Waals surface area (Å²) in [6.45, 7) is 1.66. The van der Waals surface area contributed by atoms with Gasteiger partial charge in [0.1, 0.15) is 5.25 Å². The molecule has 1 aliphatic heterocycles. The smallest absolute Gasteiger partial charge is 0.307 e. The van der Waals surface area contributed by atoms with Gasteiger partial charge in [-0.2, -0.15) is 8.42 Å². The normalized spacial score (nSPS) is 22.2. The third kappa shape index (κ3) is 2.50. The van der Waals surface area contributed by atoms with Crippen LogP contribution in [-0.2, 0) is 15.0 Å². The van der Waals surface area contributed by atoms with Gasteiger partial charge in [-0.25, -0.2) is 0 Å². The summed E-state index contributed by atoms with van der Waals surface area (Å²) in [4.78, 5) is 17.0. The third-order valence-corrected chi connectivity index (χ3v) is 4.27. The minimum absolute atomic E-state index is 0.103. The van der Waals surface area contributed by atoms with Gasteiger partial charge in [-0.3, -0.25) is 9.78 Å². The Morgan fingerprint density at radius 2 is 2.28 bits per heavy atom. The fourth-order valence-electron chi connectivity index (χ4n) is 2.06. The van der Waals surface area contributed by atoms with E-state index in [0.29, 0.717) is 0 Å². The molecule has 18 heavy (non-hydrogen) atoms. The van der Waals surface area contributed by atoms with Crippen LogP contribution >= 0.6 is 0 Å². The summed E-state index contributed by atoms with van der Waals surface area (Å²) in [5.41, 5.74) is 0.794. The van der Waals surface area contributed by atoms with Crippen molar-refractivity contribution in [3.63, 3.8) is 0 Å². The molecule has 2 rings (SSSR count). The molecule has 0 spiro atoms. The van der Waals surface area contributed by atoms with Crippen molar-refractivity contribution in [2.45, 2.75) is 24.6 Å². The van der Waals surface area contributed by atoms with Gasteiger partial charge in [0.05, 0.1) is 6.04 Å². The number of nitrogens with zero attached hydrogens (tertiary/aromatic N) is 2.